The molecular formula is C12H24O4. The standard InChI is InChI=1S/C12H24O4/c1-5-7-8-11(6-2)12(13)15-16-14-9-10(3)4/h10-11H,5-9H2,1-4H3. The molecule has 0 saturated heterocycles. The number of rotatable bonds is 9. The molecular weight excluding hydrogens is 208 g/mol. The molecule has 0 N–H and O–H groups in total. The average Bonchev–Trinajstić information content (AvgIpc) is 2.25. The van der Waals surface area contributed by atoms with Crippen LogP contribution in [0.5, 0.6) is 0 Å². The summed E-state index contributed by atoms with van der Waals surface area (Å²) in [5.74, 6) is -0.0666. The van der Waals surface area contributed by atoms with E-state index in [0.29, 0.717) is 12.5 Å². The van der Waals surface area contributed by atoms with Crippen molar-refractivity contribution in [2.45, 2.75) is 53.4 Å². The van der Waals surface area contributed by atoms with Crippen LogP contribution in [-0.4, -0.2) is 12.6 Å². The van der Waals surface area contributed by atoms with Crippen LogP contribution < -0.4 is 0 Å². The Hall–Kier alpha value is -0.610. The zero-order valence-corrected chi connectivity index (χ0v) is 10.8. The first-order chi connectivity index (χ1) is 7.61. The molecule has 1 unspecified atom stereocenters. The summed E-state index contributed by atoms with van der Waals surface area (Å²) in [6, 6.07) is 0. The Balaban J connectivity index is 3.66. The third kappa shape index (κ3) is 7.65. The van der Waals surface area contributed by atoms with Crippen LogP contribution in [0.3, 0.4) is 0 Å². The van der Waals surface area contributed by atoms with Crippen LogP contribution in [0.2, 0.25) is 0 Å². The van der Waals surface area contributed by atoms with E-state index < -0.39 is 0 Å². The van der Waals surface area contributed by atoms with Crippen LogP contribution in [0.25, 0.3) is 0 Å². The topological polar surface area (TPSA) is 44.8 Å². The molecule has 0 aliphatic rings. The van der Waals surface area contributed by atoms with Crippen LogP contribution in [0.4, 0.5) is 0 Å². The second kappa shape index (κ2) is 9.60. The molecule has 0 aromatic carbocycles. The van der Waals surface area contributed by atoms with Crippen molar-refractivity contribution in [3.63, 3.8) is 0 Å². The van der Waals surface area contributed by atoms with Gasteiger partial charge in [0.15, 0.2) is 0 Å². The molecule has 0 aliphatic heterocycles. The van der Waals surface area contributed by atoms with Crippen LogP contribution in [0, 0.1) is 11.8 Å². The smallest absolute Gasteiger partial charge is 0.269 e. The first-order valence-corrected chi connectivity index (χ1v) is 6.11. The molecule has 0 bridgehead atoms. The minimum Gasteiger partial charge on any atom is -0.269 e. The van der Waals surface area contributed by atoms with E-state index in [2.05, 4.69) is 16.8 Å². The van der Waals surface area contributed by atoms with Gasteiger partial charge < -0.3 is 0 Å². The van der Waals surface area contributed by atoms with E-state index in [4.69, 9.17) is 4.89 Å². The molecule has 4 heteroatoms. The highest BCUT2D eigenvalue weighted by Crippen LogP contribution is 2.14. The molecule has 4 nitrogen and oxygen atoms in total. The summed E-state index contributed by atoms with van der Waals surface area (Å²) in [5, 5.41) is 4.42. The summed E-state index contributed by atoms with van der Waals surface area (Å²) < 4.78 is 0. The summed E-state index contributed by atoms with van der Waals surface area (Å²) >= 11 is 0. The Morgan fingerprint density at radius 1 is 1.25 bits per heavy atom. The van der Waals surface area contributed by atoms with Gasteiger partial charge in [0.05, 0.1) is 12.5 Å². The lowest BCUT2D eigenvalue weighted by Gasteiger charge is -2.11. The third-order valence-electron chi connectivity index (χ3n) is 2.30. The van der Waals surface area contributed by atoms with Crippen molar-refractivity contribution in [2.75, 3.05) is 6.61 Å². The van der Waals surface area contributed by atoms with E-state index in [1.165, 1.54) is 0 Å². The largest absolute Gasteiger partial charge is 0.348 e. The van der Waals surface area contributed by atoms with E-state index in [1.54, 1.807) is 0 Å². The van der Waals surface area contributed by atoms with Crippen molar-refractivity contribution in [1.29, 1.82) is 0 Å². The molecule has 96 valence electrons. The van der Waals surface area contributed by atoms with Gasteiger partial charge in [-0.3, -0.25) is 4.89 Å². The maximum absolute atomic E-state index is 11.5. The van der Waals surface area contributed by atoms with Gasteiger partial charge in [-0.25, -0.2) is 4.79 Å². The summed E-state index contributed by atoms with van der Waals surface area (Å²) in [7, 11) is 0. The average molecular weight is 232 g/mol. The zero-order valence-electron chi connectivity index (χ0n) is 10.8. The minimum absolute atomic E-state index is 0.0809. The Morgan fingerprint density at radius 3 is 2.44 bits per heavy atom. The molecule has 0 amide bonds. The van der Waals surface area contributed by atoms with E-state index >= 15 is 0 Å². The highest BCUT2D eigenvalue weighted by atomic mass is 17.5. The number of carbonyl (C=O) groups is 1. The number of hydrogen-bond donors (Lipinski definition) is 0. The van der Waals surface area contributed by atoms with Crippen molar-refractivity contribution in [2.24, 2.45) is 11.8 Å². The maximum Gasteiger partial charge on any atom is 0.348 e. The van der Waals surface area contributed by atoms with Gasteiger partial charge in [0, 0.05) is 0 Å². The molecule has 0 spiro atoms. The van der Waals surface area contributed by atoms with Crippen molar-refractivity contribution in [1.82, 2.24) is 0 Å². The SMILES string of the molecule is CCCCC(CC)C(=O)OOOCC(C)C. The van der Waals surface area contributed by atoms with Crippen LogP contribution >= 0.6 is 0 Å². The van der Waals surface area contributed by atoms with Crippen LogP contribution in [0.1, 0.15) is 53.4 Å². The van der Waals surface area contributed by atoms with Gasteiger partial charge >= 0.3 is 5.97 Å². The van der Waals surface area contributed by atoms with E-state index in [-0.39, 0.29) is 11.9 Å². The molecule has 16 heavy (non-hydrogen) atoms. The third-order valence-corrected chi connectivity index (χ3v) is 2.30. The van der Waals surface area contributed by atoms with Crippen molar-refractivity contribution in [3.8, 4) is 0 Å². The van der Waals surface area contributed by atoms with Gasteiger partial charge in [-0.2, -0.15) is 4.89 Å². The lowest BCUT2D eigenvalue weighted by Crippen LogP contribution is -2.18. The number of unbranched alkanes of at least 4 members (excludes halogenated alkanes) is 1. The quantitative estimate of drug-likeness (QED) is 0.348. The van der Waals surface area contributed by atoms with Crippen molar-refractivity contribution in [3.05, 3.63) is 0 Å². The zero-order chi connectivity index (χ0) is 12.4. The molecule has 0 saturated carbocycles. The minimum atomic E-state index is -0.334. The normalized spacial score (nSPS) is 12.8. The number of carbonyl (C=O) groups excluding carboxylic acids is 1. The lowest BCUT2D eigenvalue weighted by molar-refractivity contribution is -0.489. The summed E-state index contributed by atoms with van der Waals surface area (Å²) in [4.78, 5) is 20.8. The summed E-state index contributed by atoms with van der Waals surface area (Å²) in [5.41, 5.74) is 0. The molecule has 0 aliphatic carbocycles. The predicted molar refractivity (Wildman–Crippen MR) is 61.3 cm³/mol. The number of hydrogen-bond acceptors (Lipinski definition) is 4. The molecule has 0 aromatic rings. The monoisotopic (exact) mass is 232 g/mol. The molecule has 0 fully saturated rings. The summed E-state index contributed by atoms with van der Waals surface area (Å²) in [6.45, 7) is 8.46. The van der Waals surface area contributed by atoms with Gasteiger partial charge in [-0.1, -0.05) is 40.5 Å². The summed E-state index contributed by atoms with van der Waals surface area (Å²) in [6.07, 6.45) is 3.72. The first-order valence-electron chi connectivity index (χ1n) is 6.11. The second-order valence-electron chi connectivity index (χ2n) is 4.40. The molecule has 1 atom stereocenters. The maximum atomic E-state index is 11.5. The van der Waals surface area contributed by atoms with Crippen molar-refractivity contribution < 1.29 is 19.6 Å². The second-order valence-corrected chi connectivity index (χ2v) is 4.40. The predicted octanol–water partition coefficient (Wildman–Crippen LogP) is 3.27. The Kier molecular flexibility index (Phi) is 9.24. The molecule has 0 aromatic heterocycles. The van der Waals surface area contributed by atoms with Gasteiger partial charge in [-0.05, 0) is 23.8 Å². The van der Waals surface area contributed by atoms with E-state index in [1.807, 2.05) is 20.8 Å². The Bertz CT molecular complexity index is 180. The van der Waals surface area contributed by atoms with Crippen LogP contribution in [-0.2, 0) is 19.6 Å². The highest BCUT2D eigenvalue weighted by Gasteiger charge is 2.18. The fourth-order valence-electron chi connectivity index (χ4n) is 1.23. The first kappa shape index (κ1) is 15.4. The van der Waals surface area contributed by atoms with Gasteiger partial charge in [0.1, 0.15) is 0 Å². The van der Waals surface area contributed by atoms with E-state index in [9.17, 15) is 4.79 Å². The molecule has 0 rings (SSSR count). The molecule has 0 radical (unpaired) electrons. The molecule has 0 heterocycles. The van der Waals surface area contributed by atoms with Gasteiger partial charge in [-0.15, -0.1) is 0 Å². The van der Waals surface area contributed by atoms with Crippen LogP contribution in [0.15, 0.2) is 0 Å². The Morgan fingerprint density at radius 2 is 1.94 bits per heavy atom. The highest BCUT2D eigenvalue weighted by molar-refractivity contribution is 5.71. The Labute approximate surface area is 98.1 Å². The fourth-order valence-corrected chi connectivity index (χ4v) is 1.23. The fraction of sp³-hybridized carbons (Fsp3) is 0.917. The van der Waals surface area contributed by atoms with E-state index in [0.717, 1.165) is 25.7 Å². The van der Waals surface area contributed by atoms with Gasteiger partial charge in [0.25, 0.3) is 0 Å². The van der Waals surface area contributed by atoms with Gasteiger partial charge in [0.2, 0.25) is 0 Å². The van der Waals surface area contributed by atoms with Crippen molar-refractivity contribution >= 4 is 5.97 Å². The lowest BCUT2D eigenvalue weighted by atomic mass is 10.00.